The van der Waals surface area contributed by atoms with Gasteiger partial charge in [0, 0.05) is 17.0 Å². The average molecular weight is 315 g/mol. The number of likely N-dealkylation sites (tertiary alicyclic amines) is 1. The quantitative estimate of drug-likeness (QED) is 0.597. The van der Waals surface area contributed by atoms with Crippen molar-refractivity contribution in [1.29, 1.82) is 0 Å². The van der Waals surface area contributed by atoms with E-state index in [-0.39, 0.29) is 5.41 Å². The average Bonchev–Trinajstić information content (AvgIpc) is 2.57. The van der Waals surface area contributed by atoms with Crippen LogP contribution in [0, 0.1) is 0 Å². The first-order valence-electron chi connectivity index (χ1n) is 8.27. The smallest absolute Gasteiger partial charge is 0.298 e. The van der Waals surface area contributed by atoms with Crippen LogP contribution >= 0.6 is 0 Å². The number of ether oxygens (including phenoxy) is 2. The maximum atomic E-state index is 10.8. The van der Waals surface area contributed by atoms with E-state index in [1.54, 1.807) is 7.11 Å². The molecule has 1 aliphatic carbocycles. The third kappa shape index (κ3) is 2.65. The van der Waals surface area contributed by atoms with E-state index in [1.807, 2.05) is 12.1 Å². The highest BCUT2D eigenvalue weighted by atomic mass is 16.5. The summed E-state index contributed by atoms with van der Waals surface area (Å²) in [4.78, 5) is 13.3. The van der Waals surface area contributed by atoms with E-state index < -0.39 is 0 Å². The summed E-state index contributed by atoms with van der Waals surface area (Å²) in [5.41, 5.74) is 2.67. The number of rotatable bonds is 6. The molecule has 0 radical (unpaired) electrons. The lowest BCUT2D eigenvalue weighted by Crippen LogP contribution is -2.51. The highest BCUT2D eigenvalue weighted by Gasteiger charge is 2.46. The molecule has 0 spiro atoms. The predicted octanol–water partition coefficient (Wildman–Crippen LogP) is 3.08. The molecule has 0 saturated carbocycles. The van der Waals surface area contributed by atoms with Crippen LogP contribution in [-0.2, 0) is 16.6 Å². The summed E-state index contributed by atoms with van der Waals surface area (Å²) in [6, 6.07) is 4.53. The predicted molar refractivity (Wildman–Crippen MR) is 90.2 cm³/mol. The fourth-order valence-electron chi connectivity index (χ4n) is 4.42. The van der Waals surface area contributed by atoms with Gasteiger partial charge >= 0.3 is 0 Å². The van der Waals surface area contributed by atoms with Crippen LogP contribution in [0.3, 0.4) is 0 Å². The first-order valence-corrected chi connectivity index (χ1v) is 8.27. The van der Waals surface area contributed by atoms with Crippen LogP contribution in [0.2, 0.25) is 0 Å². The molecule has 2 aliphatic rings. The minimum Gasteiger partial charge on any atom is -0.493 e. The van der Waals surface area contributed by atoms with Crippen molar-refractivity contribution in [3.05, 3.63) is 35.9 Å². The molecule has 1 aliphatic heterocycles. The topological polar surface area (TPSA) is 38.8 Å². The van der Waals surface area contributed by atoms with Gasteiger partial charge in [-0.05, 0) is 57.3 Å². The normalized spacial score (nSPS) is 26.3. The van der Waals surface area contributed by atoms with E-state index in [1.165, 1.54) is 11.1 Å². The zero-order chi connectivity index (χ0) is 16.4. The van der Waals surface area contributed by atoms with Crippen molar-refractivity contribution < 1.29 is 14.3 Å². The number of carbonyl (C=O) groups is 1. The number of allylic oxidation sites excluding steroid dienone is 1. The van der Waals surface area contributed by atoms with Crippen molar-refractivity contribution in [2.75, 3.05) is 20.7 Å². The van der Waals surface area contributed by atoms with Gasteiger partial charge < -0.3 is 14.4 Å². The van der Waals surface area contributed by atoms with Crippen molar-refractivity contribution in [1.82, 2.24) is 4.90 Å². The molecule has 124 valence electrons. The van der Waals surface area contributed by atoms with Crippen molar-refractivity contribution >= 4 is 6.47 Å². The van der Waals surface area contributed by atoms with Crippen LogP contribution in [-0.4, -0.2) is 38.1 Å². The number of hydrogen-bond donors (Lipinski definition) is 0. The van der Waals surface area contributed by atoms with E-state index in [2.05, 4.69) is 24.6 Å². The Balaban J connectivity index is 2.15. The van der Waals surface area contributed by atoms with E-state index in [0.29, 0.717) is 18.3 Å². The van der Waals surface area contributed by atoms with E-state index in [4.69, 9.17) is 9.47 Å². The molecule has 1 heterocycles. The monoisotopic (exact) mass is 315 g/mol. The summed E-state index contributed by atoms with van der Waals surface area (Å²) in [6.45, 7) is 5.45. The molecule has 0 amide bonds. The van der Waals surface area contributed by atoms with Crippen LogP contribution < -0.4 is 9.47 Å². The lowest BCUT2D eigenvalue weighted by molar-refractivity contribution is -0.120. The highest BCUT2D eigenvalue weighted by Crippen LogP contribution is 2.53. The fourth-order valence-corrected chi connectivity index (χ4v) is 4.42. The second kappa shape index (κ2) is 6.36. The van der Waals surface area contributed by atoms with Gasteiger partial charge in [-0.15, -0.1) is 6.58 Å². The van der Waals surface area contributed by atoms with Crippen molar-refractivity contribution in [2.24, 2.45) is 0 Å². The molecule has 1 unspecified atom stereocenters. The Morgan fingerprint density at radius 2 is 2.30 bits per heavy atom. The lowest BCUT2D eigenvalue weighted by atomic mass is 9.61. The Morgan fingerprint density at radius 3 is 3.00 bits per heavy atom. The Labute approximate surface area is 138 Å². The molecule has 4 heteroatoms. The maximum Gasteiger partial charge on any atom is 0.298 e. The Hall–Kier alpha value is -1.81. The van der Waals surface area contributed by atoms with Crippen LogP contribution in [0.4, 0.5) is 0 Å². The van der Waals surface area contributed by atoms with Gasteiger partial charge in [0.15, 0.2) is 11.5 Å². The molecule has 4 nitrogen and oxygen atoms in total. The van der Waals surface area contributed by atoms with Gasteiger partial charge in [0.1, 0.15) is 0 Å². The number of piperidine rings is 1. The van der Waals surface area contributed by atoms with Gasteiger partial charge in [0.2, 0.25) is 0 Å². The van der Waals surface area contributed by atoms with Gasteiger partial charge in [-0.2, -0.15) is 0 Å². The van der Waals surface area contributed by atoms with Crippen LogP contribution in [0.1, 0.15) is 36.8 Å². The minimum atomic E-state index is 0.0898. The van der Waals surface area contributed by atoms with Crippen LogP contribution in [0.15, 0.2) is 24.8 Å². The summed E-state index contributed by atoms with van der Waals surface area (Å²) in [6.07, 6.45) is 7.30. The number of fused-ring (bicyclic) bond motifs is 4. The molecular formula is C19H25NO3. The fraction of sp³-hybridized carbons (Fsp3) is 0.526. The first-order chi connectivity index (χ1) is 11.1. The zero-order valence-electron chi connectivity index (χ0n) is 14.0. The van der Waals surface area contributed by atoms with Crippen molar-refractivity contribution in [2.45, 2.75) is 43.6 Å². The van der Waals surface area contributed by atoms with Gasteiger partial charge in [0.25, 0.3) is 6.47 Å². The molecule has 0 aromatic heterocycles. The Kier molecular flexibility index (Phi) is 4.44. The second-order valence-electron chi connectivity index (χ2n) is 6.75. The van der Waals surface area contributed by atoms with Crippen molar-refractivity contribution in [3.63, 3.8) is 0 Å². The molecule has 0 N–H and O–H groups in total. The number of methoxy groups -OCH3 is 1. The summed E-state index contributed by atoms with van der Waals surface area (Å²) in [5.74, 6) is 1.26. The molecule has 1 fully saturated rings. The summed E-state index contributed by atoms with van der Waals surface area (Å²) in [5, 5.41) is 0. The number of likely N-dealkylation sites (N-methyl/N-ethyl adjacent to an activating group) is 1. The first kappa shape index (κ1) is 16.1. The second-order valence-corrected chi connectivity index (χ2v) is 6.75. The number of benzene rings is 1. The summed E-state index contributed by atoms with van der Waals surface area (Å²) < 4.78 is 10.9. The lowest BCUT2D eigenvalue weighted by Gasteiger charge is -2.51. The number of carbonyl (C=O) groups excluding carboxylic acids is 1. The minimum absolute atomic E-state index is 0.0898. The maximum absolute atomic E-state index is 10.8. The molecule has 1 aromatic rings. The largest absolute Gasteiger partial charge is 0.493 e. The van der Waals surface area contributed by atoms with Crippen molar-refractivity contribution in [3.8, 4) is 11.5 Å². The van der Waals surface area contributed by atoms with Gasteiger partial charge in [-0.1, -0.05) is 12.1 Å². The standard InChI is InChI=1S/C19H25NO3/c1-4-5-8-19-9-10-20(2)15(12-19)11-14-6-7-16(23-13-21)18(22-3)17(14)19/h4,6-7,13,15H,1,5,8-12H2,2-3H3/t15?,19-/m1/s1. The molecular weight excluding hydrogens is 290 g/mol. The van der Waals surface area contributed by atoms with Gasteiger partial charge in [-0.3, -0.25) is 4.79 Å². The number of nitrogens with zero attached hydrogens (tertiary/aromatic N) is 1. The summed E-state index contributed by atoms with van der Waals surface area (Å²) in [7, 11) is 3.88. The van der Waals surface area contributed by atoms with Gasteiger partial charge in [-0.25, -0.2) is 0 Å². The van der Waals surface area contributed by atoms with E-state index in [0.717, 1.165) is 44.4 Å². The Bertz CT molecular complexity index is 613. The molecule has 1 aromatic carbocycles. The van der Waals surface area contributed by atoms with Gasteiger partial charge in [0.05, 0.1) is 7.11 Å². The zero-order valence-corrected chi connectivity index (χ0v) is 14.0. The molecule has 2 atom stereocenters. The molecule has 3 rings (SSSR count). The molecule has 23 heavy (non-hydrogen) atoms. The number of hydrogen-bond acceptors (Lipinski definition) is 4. The molecule has 2 bridgehead atoms. The Morgan fingerprint density at radius 1 is 1.48 bits per heavy atom. The van der Waals surface area contributed by atoms with E-state index >= 15 is 0 Å². The summed E-state index contributed by atoms with van der Waals surface area (Å²) >= 11 is 0. The third-order valence-corrected chi connectivity index (χ3v) is 5.59. The SMILES string of the molecule is C=CCC[C@]12CCN(C)C(Cc3ccc(OC=O)c(OC)c31)C2. The van der Waals surface area contributed by atoms with E-state index in [9.17, 15) is 4.79 Å². The van der Waals surface area contributed by atoms with Crippen LogP contribution in [0.5, 0.6) is 11.5 Å². The third-order valence-electron chi connectivity index (χ3n) is 5.59. The van der Waals surface area contributed by atoms with Crippen LogP contribution in [0.25, 0.3) is 0 Å². The highest BCUT2D eigenvalue weighted by molar-refractivity contribution is 5.59. The molecule has 1 saturated heterocycles.